The van der Waals surface area contributed by atoms with Gasteiger partial charge < -0.3 is 24.5 Å². The number of amides is 1. The van der Waals surface area contributed by atoms with Crippen LogP contribution in [0.25, 0.3) is 5.52 Å². The number of carbonyl (C=O) groups is 2. The third-order valence-electron chi connectivity index (χ3n) is 5.05. The molecule has 3 heterocycles. The highest BCUT2D eigenvalue weighted by molar-refractivity contribution is 5.99. The van der Waals surface area contributed by atoms with Gasteiger partial charge in [-0.3, -0.25) is 4.79 Å². The zero-order valence-electron chi connectivity index (χ0n) is 17.1. The molecule has 4 rings (SSSR count). The normalized spacial score (nSPS) is 13.2. The number of hydrogen-bond acceptors (Lipinski definition) is 7. The quantitative estimate of drug-likeness (QED) is 0.577. The maximum absolute atomic E-state index is 12.3. The van der Waals surface area contributed by atoms with Crippen LogP contribution in [0.15, 0.2) is 30.9 Å². The van der Waals surface area contributed by atoms with Crippen LogP contribution in [0.4, 0.5) is 17.2 Å². The largest absolute Gasteiger partial charge is 0.492 e. The molecule has 1 aliphatic carbocycles. The number of fused-ring (bicyclic) bond motifs is 1. The molecule has 9 nitrogen and oxygen atoms in total. The second-order valence-electron chi connectivity index (χ2n) is 7.06. The van der Waals surface area contributed by atoms with Gasteiger partial charge in [0.2, 0.25) is 5.91 Å². The highest BCUT2D eigenvalue weighted by Gasteiger charge is 2.30. The molecule has 0 radical (unpaired) electrons. The number of ether oxygens (including phenoxy) is 2. The average Bonchev–Trinajstić information content (AvgIpc) is 3.53. The molecular formula is C21H23N5O4. The fourth-order valence-corrected chi connectivity index (χ4v) is 3.30. The molecule has 0 unspecified atom stereocenters. The second-order valence-corrected chi connectivity index (χ2v) is 7.06. The Morgan fingerprint density at radius 1 is 1.23 bits per heavy atom. The van der Waals surface area contributed by atoms with Gasteiger partial charge >= 0.3 is 5.97 Å². The van der Waals surface area contributed by atoms with Gasteiger partial charge in [0.05, 0.1) is 37.6 Å². The third kappa shape index (κ3) is 3.66. The summed E-state index contributed by atoms with van der Waals surface area (Å²) in [5, 5.41) is 6.04. The number of carbonyl (C=O) groups excluding carboxylic acids is 2. The van der Waals surface area contributed by atoms with Gasteiger partial charge in [0.15, 0.2) is 5.75 Å². The summed E-state index contributed by atoms with van der Waals surface area (Å²) in [4.78, 5) is 33.0. The van der Waals surface area contributed by atoms with Gasteiger partial charge in [0, 0.05) is 24.4 Å². The smallest absolute Gasteiger partial charge is 0.341 e. The monoisotopic (exact) mass is 409 g/mol. The Hall–Kier alpha value is -3.62. The predicted molar refractivity (Wildman–Crippen MR) is 111 cm³/mol. The first kappa shape index (κ1) is 19.7. The lowest BCUT2D eigenvalue weighted by Crippen LogP contribution is -2.15. The number of esters is 1. The number of anilines is 3. The fourth-order valence-electron chi connectivity index (χ4n) is 3.30. The van der Waals surface area contributed by atoms with Gasteiger partial charge in [0.25, 0.3) is 0 Å². The summed E-state index contributed by atoms with van der Waals surface area (Å²) < 4.78 is 12.4. The summed E-state index contributed by atoms with van der Waals surface area (Å²) in [6.45, 7) is 2.02. The minimum Gasteiger partial charge on any atom is -0.492 e. The molecule has 2 N–H and O–H groups in total. The lowest BCUT2D eigenvalue weighted by atomic mass is 10.2. The first-order chi connectivity index (χ1) is 14.5. The van der Waals surface area contributed by atoms with Crippen LogP contribution in [-0.2, 0) is 16.0 Å². The number of imidazole rings is 1. The van der Waals surface area contributed by atoms with Crippen molar-refractivity contribution in [1.82, 2.24) is 14.4 Å². The highest BCUT2D eigenvalue weighted by atomic mass is 16.5. The van der Waals surface area contributed by atoms with E-state index in [4.69, 9.17) is 9.47 Å². The van der Waals surface area contributed by atoms with Gasteiger partial charge in [-0.05, 0) is 25.3 Å². The van der Waals surface area contributed by atoms with E-state index >= 15 is 0 Å². The van der Waals surface area contributed by atoms with Crippen molar-refractivity contribution in [1.29, 1.82) is 0 Å². The molecule has 1 aliphatic rings. The molecular weight excluding hydrogens is 386 g/mol. The SMILES string of the molecule is CCc1ncn2ccc(Nc3cc(NC(=O)C4CC4)ncc3C(=O)OC)c(OC)c12. The van der Waals surface area contributed by atoms with Gasteiger partial charge in [-0.2, -0.15) is 0 Å². The van der Waals surface area contributed by atoms with Crippen molar-refractivity contribution in [2.24, 2.45) is 5.92 Å². The summed E-state index contributed by atoms with van der Waals surface area (Å²) >= 11 is 0. The van der Waals surface area contributed by atoms with E-state index in [9.17, 15) is 9.59 Å². The zero-order valence-corrected chi connectivity index (χ0v) is 17.1. The van der Waals surface area contributed by atoms with Crippen LogP contribution in [0.1, 0.15) is 35.8 Å². The lowest BCUT2D eigenvalue weighted by molar-refractivity contribution is -0.117. The number of aromatic nitrogens is 3. The van der Waals surface area contributed by atoms with E-state index in [1.807, 2.05) is 23.6 Å². The first-order valence-corrected chi connectivity index (χ1v) is 9.74. The fraction of sp³-hybridized carbons (Fsp3) is 0.333. The molecule has 156 valence electrons. The first-order valence-electron chi connectivity index (χ1n) is 9.74. The summed E-state index contributed by atoms with van der Waals surface area (Å²) in [6.07, 6.45) is 7.51. The van der Waals surface area contributed by atoms with Crippen LogP contribution in [0.2, 0.25) is 0 Å². The van der Waals surface area contributed by atoms with Crippen molar-refractivity contribution < 1.29 is 19.1 Å². The van der Waals surface area contributed by atoms with E-state index in [0.29, 0.717) is 22.9 Å². The van der Waals surface area contributed by atoms with Gasteiger partial charge in [-0.1, -0.05) is 6.92 Å². The molecule has 0 bridgehead atoms. The van der Waals surface area contributed by atoms with Crippen LogP contribution in [0, 0.1) is 5.92 Å². The lowest BCUT2D eigenvalue weighted by Gasteiger charge is -2.16. The van der Waals surface area contributed by atoms with E-state index < -0.39 is 5.97 Å². The number of pyridine rings is 2. The Kier molecular flexibility index (Phi) is 5.26. The van der Waals surface area contributed by atoms with E-state index in [1.165, 1.54) is 13.3 Å². The molecule has 0 aliphatic heterocycles. The Labute approximate surface area is 173 Å². The average molecular weight is 409 g/mol. The summed E-state index contributed by atoms with van der Waals surface area (Å²) in [7, 11) is 2.89. The third-order valence-corrected chi connectivity index (χ3v) is 5.05. The summed E-state index contributed by atoms with van der Waals surface area (Å²) in [5.41, 5.74) is 3.09. The number of nitrogens with zero attached hydrogens (tertiary/aromatic N) is 3. The maximum atomic E-state index is 12.3. The Morgan fingerprint density at radius 2 is 2.03 bits per heavy atom. The van der Waals surface area contributed by atoms with E-state index in [0.717, 1.165) is 30.5 Å². The molecule has 9 heteroatoms. The molecule has 0 aromatic carbocycles. The van der Waals surface area contributed by atoms with E-state index in [2.05, 4.69) is 20.6 Å². The van der Waals surface area contributed by atoms with Crippen LogP contribution < -0.4 is 15.4 Å². The molecule has 0 atom stereocenters. The second kappa shape index (κ2) is 8.02. The molecule has 1 fully saturated rings. The molecule has 3 aromatic rings. The highest BCUT2D eigenvalue weighted by Crippen LogP contribution is 2.35. The van der Waals surface area contributed by atoms with Gasteiger partial charge in [0.1, 0.15) is 16.9 Å². The maximum Gasteiger partial charge on any atom is 0.341 e. The zero-order chi connectivity index (χ0) is 21.3. The van der Waals surface area contributed by atoms with Gasteiger partial charge in [-0.25, -0.2) is 14.8 Å². The Balaban J connectivity index is 1.75. The Bertz CT molecular complexity index is 1120. The minimum atomic E-state index is -0.538. The molecule has 0 spiro atoms. The van der Waals surface area contributed by atoms with Gasteiger partial charge in [-0.15, -0.1) is 0 Å². The van der Waals surface area contributed by atoms with E-state index in [1.54, 1.807) is 19.5 Å². The minimum absolute atomic E-state index is 0.0420. The summed E-state index contributed by atoms with van der Waals surface area (Å²) in [5.74, 6) is 0.401. The number of nitrogens with one attached hydrogen (secondary N) is 2. The van der Waals surface area contributed by atoms with Crippen molar-refractivity contribution in [3.05, 3.63) is 42.1 Å². The standard InChI is InChI=1S/C21H23N5O4/c1-4-14-18-19(29-2)15(7-8-26(18)11-23-14)24-16-9-17(25-20(27)12-5-6-12)22-10-13(16)21(28)30-3/h7-12H,4-6H2,1-3H3,(H2,22,24,25,27). The van der Waals surface area contributed by atoms with Crippen molar-refractivity contribution >= 4 is 34.6 Å². The topological polar surface area (TPSA) is 107 Å². The number of methoxy groups -OCH3 is 2. The molecule has 1 saturated carbocycles. The van der Waals surface area contributed by atoms with E-state index in [-0.39, 0.29) is 17.4 Å². The molecule has 30 heavy (non-hydrogen) atoms. The molecule has 3 aromatic heterocycles. The van der Waals surface area contributed by atoms with Crippen LogP contribution in [0.5, 0.6) is 5.75 Å². The van der Waals surface area contributed by atoms with Crippen LogP contribution >= 0.6 is 0 Å². The molecule has 0 saturated heterocycles. The van der Waals surface area contributed by atoms with Crippen LogP contribution in [0.3, 0.4) is 0 Å². The van der Waals surface area contributed by atoms with Crippen molar-refractivity contribution in [2.75, 3.05) is 24.9 Å². The van der Waals surface area contributed by atoms with Crippen molar-refractivity contribution in [3.8, 4) is 5.75 Å². The number of hydrogen-bond donors (Lipinski definition) is 2. The predicted octanol–water partition coefficient (Wildman–Crippen LogP) is 3.18. The number of rotatable bonds is 7. The molecule has 1 amide bonds. The number of aryl methyl sites for hydroxylation is 1. The van der Waals surface area contributed by atoms with Crippen LogP contribution in [-0.4, -0.2) is 40.5 Å². The van der Waals surface area contributed by atoms with Crippen molar-refractivity contribution in [3.63, 3.8) is 0 Å². The van der Waals surface area contributed by atoms with Crippen molar-refractivity contribution in [2.45, 2.75) is 26.2 Å². The Morgan fingerprint density at radius 3 is 2.70 bits per heavy atom. The summed E-state index contributed by atoms with van der Waals surface area (Å²) in [6, 6.07) is 3.45.